The summed E-state index contributed by atoms with van der Waals surface area (Å²) in [5.74, 6) is -5.14. The van der Waals surface area contributed by atoms with Gasteiger partial charge in [-0.2, -0.15) is 0 Å². The lowest BCUT2D eigenvalue weighted by molar-refractivity contribution is -0.251. The lowest BCUT2D eigenvalue weighted by Gasteiger charge is -2.55. The molecule has 0 amide bonds. The predicted molar refractivity (Wildman–Crippen MR) is 129 cm³/mol. The van der Waals surface area contributed by atoms with Crippen molar-refractivity contribution >= 4 is 29.7 Å². The Labute approximate surface area is 229 Å². The molecule has 5 fully saturated rings. The highest BCUT2D eigenvalue weighted by atomic mass is 16.6. The summed E-state index contributed by atoms with van der Waals surface area (Å²) < 4.78 is 34.3. The molecule has 1 aromatic heterocycles. The van der Waals surface area contributed by atoms with Crippen LogP contribution in [0.5, 0.6) is 0 Å². The molecular weight excluding hydrogens is 528 g/mol. The van der Waals surface area contributed by atoms with Crippen LogP contribution in [0.25, 0.3) is 0 Å². The number of cyclic esters (lactones) is 2. The van der Waals surface area contributed by atoms with E-state index < -0.39 is 93.4 Å². The molecule has 3 saturated heterocycles. The molecule has 1 spiro atoms. The molecule has 12 heteroatoms. The quantitative estimate of drug-likeness (QED) is 0.420. The third kappa shape index (κ3) is 2.63. The number of methoxy groups -OCH3 is 1. The highest BCUT2D eigenvalue weighted by Crippen LogP contribution is 2.76. The number of ketones is 1. The molecule has 2 aliphatic carbocycles. The maximum atomic E-state index is 14.6. The lowest BCUT2D eigenvalue weighted by Crippen LogP contribution is -2.77. The van der Waals surface area contributed by atoms with Crippen molar-refractivity contribution in [3.63, 3.8) is 0 Å². The first-order chi connectivity index (χ1) is 18.6. The van der Waals surface area contributed by atoms with Gasteiger partial charge in [-0.25, -0.2) is 4.79 Å². The summed E-state index contributed by atoms with van der Waals surface area (Å²) in [5.41, 5.74) is -10.4. The van der Waals surface area contributed by atoms with Crippen LogP contribution in [0.1, 0.15) is 65.5 Å². The Balaban J connectivity index is 1.64. The Morgan fingerprint density at radius 1 is 1.07 bits per heavy atom. The normalized spacial score (nSPS) is 46.4. The van der Waals surface area contributed by atoms with Crippen LogP contribution >= 0.6 is 0 Å². The van der Waals surface area contributed by atoms with Gasteiger partial charge in [-0.15, -0.1) is 0 Å². The van der Waals surface area contributed by atoms with Crippen LogP contribution in [0, 0.1) is 22.2 Å². The van der Waals surface area contributed by atoms with Gasteiger partial charge in [0.2, 0.25) is 6.10 Å². The third-order valence-corrected chi connectivity index (χ3v) is 10.6. The number of carbonyl (C=O) groups is 5. The molecule has 1 N–H and O–H groups in total. The Morgan fingerprint density at radius 2 is 1.77 bits per heavy atom. The molecule has 3 aliphatic heterocycles. The van der Waals surface area contributed by atoms with Crippen molar-refractivity contribution in [1.82, 2.24) is 0 Å². The van der Waals surface area contributed by atoms with Crippen LogP contribution in [-0.4, -0.2) is 70.9 Å². The van der Waals surface area contributed by atoms with E-state index in [9.17, 15) is 29.1 Å². The smallest absolute Gasteiger partial charge is 0.347 e. The van der Waals surface area contributed by atoms with Crippen molar-refractivity contribution in [2.45, 2.75) is 89.0 Å². The van der Waals surface area contributed by atoms with Gasteiger partial charge in [0.25, 0.3) is 0 Å². The largest absolute Gasteiger partial charge is 0.472 e. The van der Waals surface area contributed by atoms with E-state index in [4.69, 9.17) is 28.1 Å². The number of carbonyl (C=O) groups excluding carboxylic acids is 5. The van der Waals surface area contributed by atoms with E-state index in [2.05, 4.69) is 0 Å². The third-order valence-electron chi connectivity index (χ3n) is 10.6. The Kier molecular flexibility index (Phi) is 5.20. The zero-order chi connectivity index (χ0) is 29.3. The standard InChI is InChI=1S/C28H32O12/c1-13(29)39-26-9-8-24(4)18(14-7-10-36-12-14)37-15(30)11-27(24,26)40-21-25(5)17(16(19(31)35-6)38-22(25)33)23(2,3)20(32)28(21,26)34/h7,10,12,16-18,21,34H,8-9,11H2,1-6H3. The highest BCUT2D eigenvalue weighted by molar-refractivity contribution is 6.02. The molecule has 12 nitrogen and oxygen atoms in total. The van der Waals surface area contributed by atoms with E-state index in [1.54, 1.807) is 13.0 Å². The van der Waals surface area contributed by atoms with Crippen molar-refractivity contribution < 1.29 is 57.2 Å². The van der Waals surface area contributed by atoms with Crippen molar-refractivity contribution in [1.29, 1.82) is 0 Å². The maximum absolute atomic E-state index is 14.6. The second-order valence-electron chi connectivity index (χ2n) is 12.7. The van der Waals surface area contributed by atoms with E-state index in [0.29, 0.717) is 5.56 Å². The van der Waals surface area contributed by atoms with E-state index in [-0.39, 0.29) is 12.8 Å². The molecule has 0 radical (unpaired) electrons. The number of Topliss-reactive ketones (excluding diaryl/α,β-unsaturated/α-hetero) is 1. The summed E-state index contributed by atoms with van der Waals surface area (Å²) in [6.45, 7) is 7.41. The molecule has 40 heavy (non-hydrogen) atoms. The fraction of sp³-hybridized carbons (Fsp3) is 0.679. The fourth-order valence-corrected chi connectivity index (χ4v) is 9.02. The molecule has 1 aromatic rings. The number of fused-ring (bicyclic) bond motifs is 4. The zero-order valence-corrected chi connectivity index (χ0v) is 23.1. The molecule has 2 saturated carbocycles. The molecule has 216 valence electrons. The van der Waals surface area contributed by atoms with Crippen LogP contribution in [0.4, 0.5) is 0 Å². The first kappa shape index (κ1) is 26.9. The average Bonchev–Trinajstić information content (AvgIpc) is 3.61. The summed E-state index contributed by atoms with van der Waals surface area (Å²) in [6.07, 6.45) is -1.50. The zero-order valence-electron chi connectivity index (χ0n) is 23.1. The van der Waals surface area contributed by atoms with Gasteiger partial charge in [-0.05, 0) is 25.8 Å². The van der Waals surface area contributed by atoms with E-state index in [1.165, 1.54) is 33.3 Å². The molecule has 9 unspecified atom stereocenters. The molecule has 9 atom stereocenters. The number of rotatable bonds is 3. The van der Waals surface area contributed by atoms with Crippen molar-refractivity contribution in [2.75, 3.05) is 7.11 Å². The molecule has 0 bridgehead atoms. The van der Waals surface area contributed by atoms with Crippen LogP contribution in [-0.2, 0) is 47.7 Å². The summed E-state index contributed by atoms with van der Waals surface area (Å²) in [5, 5.41) is 12.8. The van der Waals surface area contributed by atoms with E-state index in [0.717, 1.165) is 14.0 Å². The van der Waals surface area contributed by atoms with Gasteiger partial charge in [-0.1, -0.05) is 20.8 Å². The van der Waals surface area contributed by atoms with Gasteiger partial charge in [0.1, 0.15) is 23.2 Å². The second-order valence-corrected chi connectivity index (χ2v) is 12.7. The Hall–Kier alpha value is -3.25. The number of hydrogen-bond acceptors (Lipinski definition) is 12. The molecular formula is C28H32O12. The molecule has 0 aromatic carbocycles. The van der Waals surface area contributed by atoms with Gasteiger partial charge in [0.05, 0.1) is 26.1 Å². The summed E-state index contributed by atoms with van der Waals surface area (Å²) >= 11 is 0. The monoisotopic (exact) mass is 560 g/mol. The van der Waals surface area contributed by atoms with Crippen molar-refractivity contribution in [3.05, 3.63) is 24.2 Å². The summed E-state index contributed by atoms with van der Waals surface area (Å²) in [4.78, 5) is 67.1. The molecule has 4 heterocycles. The minimum atomic E-state index is -2.59. The number of aliphatic hydroxyl groups is 1. The van der Waals surface area contributed by atoms with E-state index in [1.807, 2.05) is 0 Å². The highest BCUT2D eigenvalue weighted by Gasteiger charge is 2.93. The topological polar surface area (TPSA) is 165 Å². The number of ether oxygens (including phenoxy) is 5. The Morgan fingerprint density at radius 3 is 2.38 bits per heavy atom. The first-order valence-electron chi connectivity index (χ1n) is 13.2. The van der Waals surface area contributed by atoms with Crippen LogP contribution in [0.2, 0.25) is 0 Å². The maximum Gasteiger partial charge on any atom is 0.347 e. The molecule has 6 rings (SSSR count). The second kappa shape index (κ2) is 7.73. The van der Waals surface area contributed by atoms with Gasteiger partial charge < -0.3 is 33.2 Å². The van der Waals surface area contributed by atoms with Gasteiger partial charge in [0, 0.05) is 29.2 Å². The number of furan rings is 1. The summed E-state index contributed by atoms with van der Waals surface area (Å²) in [6, 6.07) is 1.63. The van der Waals surface area contributed by atoms with Crippen molar-refractivity contribution in [3.8, 4) is 0 Å². The van der Waals surface area contributed by atoms with Gasteiger partial charge in [-0.3, -0.25) is 19.2 Å². The lowest BCUT2D eigenvalue weighted by atomic mass is 9.47. The average molecular weight is 561 g/mol. The van der Waals surface area contributed by atoms with Crippen LogP contribution in [0.15, 0.2) is 23.0 Å². The van der Waals surface area contributed by atoms with Gasteiger partial charge >= 0.3 is 23.9 Å². The van der Waals surface area contributed by atoms with Crippen molar-refractivity contribution in [2.24, 2.45) is 22.2 Å². The minimum Gasteiger partial charge on any atom is -0.472 e. The van der Waals surface area contributed by atoms with Crippen LogP contribution in [0.3, 0.4) is 0 Å². The van der Waals surface area contributed by atoms with E-state index >= 15 is 0 Å². The SMILES string of the molecule is COC(=O)C1OC(=O)C2(C)C1C(C)(C)C(=O)C1(O)C2OC23CC(=O)OC(c4ccoc4)C2(C)CCC13OC(C)=O. The number of esters is 4. The minimum absolute atomic E-state index is 0.0703. The summed E-state index contributed by atoms with van der Waals surface area (Å²) in [7, 11) is 1.14. The first-order valence-corrected chi connectivity index (χ1v) is 13.2. The fourth-order valence-electron chi connectivity index (χ4n) is 9.02. The van der Waals surface area contributed by atoms with Crippen LogP contribution < -0.4 is 0 Å². The predicted octanol–water partition coefficient (Wildman–Crippen LogP) is 1.57. The Bertz CT molecular complexity index is 1350. The van der Waals surface area contributed by atoms with Gasteiger partial charge in [0.15, 0.2) is 17.0 Å². The number of hydrogen-bond donors (Lipinski definition) is 1. The molecule has 5 aliphatic rings.